The zero-order valence-corrected chi connectivity index (χ0v) is 12.9. The van der Waals surface area contributed by atoms with E-state index in [-0.39, 0.29) is 5.92 Å². The summed E-state index contributed by atoms with van der Waals surface area (Å²) in [5.41, 5.74) is 2.45. The van der Waals surface area contributed by atoms with Gasteiger partial charge in [-0.15, -0.1) is 0 Å². The van der Waals surface area contributed by atoms with Gasteiger partial charge in [-0.1, -0.05) is 28.1 Å². The van der Waals surface area contributed by atoms with Gasteiger partial charge < -0.3 is 5.32 Å². The van der Waals surface area contributed by atoms with Gasteiger partial charge in [0, 0.05) is 11.0 Å². The van der Waals surface area contributed by atoms with E-state index >= 15 is 0 Å². The van der Waals surface area contributed by atoms with Crippen LogP contribution >= 0.6 is 15.9 Å². The molecular formula is C13H18BrNO2S. The first-order chi connectivity index (χ1) is 8.46. The lowest BCUT2D eigenvalue weighted by Crippen LogP contribution is -2.23. The molecule has 1 aromatic carbocycles. The van der Waals surface area contributed by atoms with Crippen LogP contribution in [0.25, 0.3) is 0 Å². The summed E-state index contributed by atoms with van der Waals surface area (Å²) in [6, 6.07) is 6.27. The monoisotopic (exact) mass is 331 g/mol. The predicted octanol–water partition coefficient (Wildman–Crippen LogP) is 2.28. The van der Waals surface area contributed by atoms with Gasteiger partial charge in [0.05, 0.1) is 11.5 Å². The highest BCUT2D eigenvalue weighted by Crippen LogP contribution is 2.19. The van der Waals surface area contributed by atoms with E-state index in [4.69, 9.17) is 0 Å². The second-order valence-corrected chi connectivity index (χ2v) is 8.07. The van der Waals surface area contributed by atoms with Gasteiger partial charge in [0.2, 0.25) is 0 Å². The molecule has 1 aliphatic rings. The van der Waals surface area contributed by atoms with Gasteiger partial charge in [0.25, 0.3) is 0 Å². The molecule has 2 rings (SSSR count). The molecule has 1 aliphatic heterocycles. The number of nitrogens with one attached hydrogen (secondary N) is 1. The van der Waals surface area contributed by atoms with Gasteiger partial charge in [0.15, 0.2) is 9.84 Å². The van der Waals surface area contributed by atoms with Crippen LogP contribution in [0.3, 0.4) is 0 Å². The first kappa shape index (κ1) is 14.0. The van der Waals surface area contributed by atoms with Gasteiger partial charge in [-0.2, -0.15) is 0 Å². The number of aryl methyl sites for hydroxylation is 1. The van der Waals surface area contributed by atoms with Crippen LogP contribution in [0.1, 0.15) is 17.5 Å². The molecule has 0 spiro atoms. The summed E-state index contributed by atoms with van der Waals surface area (Å²) in [6.45, 7) is 3.65. The molecule has 100 valence electrons. The van der Waals surface area contributed by atoms with Gasteiger partial charge in [0.1, 0.15) is 0 Å². The molecule has 0 aliphatic carbocycles. The molecule has 5 heteroatoms. The molecule has 0 saturated carbocycles. The molecule has 3 nitrogen and oxygen atoms in total. The largest absolute Gasteiger partial charge is 0.312 e. The Morgan fingerprint density at radius 3 is 2.83 bits per heavy atom. The Hall–Kier alpha value is -0.390. The average Bonchev–Trinajstić information content (AvgIpc) is 2.63. The fourth-order valence-electron chi connectivity index (χ4n) is 2.27. The minimum atomic E-state index is -2.75. The van der Waals surface area contributed by atoms with Crippen LogP contribution < -0.4 is 5.32 Å². The molecule has 0 amide bonds. The number of sulfone groups is 1. The van der Waals surface area contributed by atoms with Crippen molar-refractivity contribution in [1.82, 2.24) is 5.32 Å². The van der Waals surface area contributed by atoms with Crippen LogP contribution in [0.4, 0.5) is 0 Å². The van der Waals surface area contributed by atoms with Crippen LogP contribution in [-0.4, -0.2) is 26.5 Å². The standard InChI is InChI=1S/C13H18BrNO2S/c1-10-6-11(2-3-13(10)14)7-15-8-12-4-5-18(16,17)9-12/h2-3,6,12,15H,4-5,7-9H2,1H3. The van der Waals surface area contributed by atoms with Crippen molar-refractivity contribution in [3.05, 3.63) is 33.8 Å². The number of hydrogen-bond donors (Lipinski definition) is 1. The van der Waals surface area contributed by atoms with E-state index in [0.29, 0.717) is 11.5 Å². The number of benzene rings is 1. The molecule has 18 heavy (non-hydrogen) atoms. The van der Waals surface area contributed by atoms with Crippen molar-refractivity contribution in [2.24, 2.45) is 5.92 Å². The molecule has 1 heterocycles. The van der Waals surface area contributed by atoms with E-state index in [1.165, 1.54) is 11.1 Å². The Morgan fingerprint density at radius 2 is 2.22 bits per heavy atom. The van der Waals surface area contributed by atoms with Gasteiger partial charge >= 0.3 is 0 Å². The summed E-state index contributed by atoms with van der Waals surface area (Å²) in [5.74, 6) is 0.988. The number of rotatable bonds is 4. The molecule has 1 atom stereocenters. The van der Waals surface area contributed by atoms with Crippen molar-refractivity contribution in [3.8, 4) is 0 Å². The van der Waals surface area contributed by atoms with Crippen LogP contribution in [0.2, 0.25) is 0 Å². The summed E-state index contributed by atoms with van der Waals surface area (Å²) in [4.78, 5) is 0. The first-order valence-corrected chi connectivity index (χ1v) is 8.74. The molecule has 1 fully saturated rings. The van der Waals surface area contributed by atoms with Crippen LogP contribution in [-0.2, 0) is 16.4 Å². The van der Waals surface area contributed by atoms with Crippen LogP contribution in [0.5, 0.6) is 0 Å². The molecule has 0 radical (unpaired) electrons. The quantitative estimate of drug-likeness (QED) is 0.920. The molecule has 0 aromatic heterocycles. The molecular weight excluding hydrogens is 314 g/mol. The Labute approximate surface area is 117 Å². The predicted molar refractivity (Wildman–Crippen MR) is 77.3 cm³/mol. The molecule has 1 saturated heterocycles. The lowest BCUT2D eigenvalue weighted by atomic mass is 10.1. The Balaban J connectivity index is 1.80. The normalized spacial score (nSPS) is 22.2. The van der Waals surface area contributed by atoms with Gasteiger partial charge in [-0.25, -0.2) is 8.42 Å². The van der Waals surface area contributed by atoms with E-state index in [1.54, 1.807) is 0 Å². The fraction of sp³-hybridized carbons (Fsp3) is 0.538. The highest BCUT2D eigenvalue weighted by molar-refractivity contribution is 9.10. The third kappa shape index (κ3) is 3.80. The van der Waals surface area contributed by atoms with Gasteiger partial charge in [-0.05, 0) is 43.0 Å². The van der Waals surface area contributed by atoms with Crippen LogP contribution in [0, 0.1) is 12.8 Å². The summed E-state index contributed by atoms with van der Waals surface area (Å²) in [5, 5.41) is 3.35. The lowest BCUT2D eigenvalue weighted by molar-refractivity contribution is 0.521. The highest BCUT2D eigenvalue weighted by atomic mass is 79.9. The van der Waals surface area contributed by atoms with E-state index in [9.17, 15) is 8.42 Å². The van der Waals surface area contributed by atoms with Crippen molar-refractivity contribution < 1.29 is 8.42 Å². The number of halogens is 1. The zero-order chi connectivity index (χ0) is 13.2. The summed E-state index contributed by atoms with van der Waals surface area (Å²) in [7, 11) is -2.75. The molecule has 0 bridgehead atoms. The maximum absolute atomic E-state index is 11.3. The van der Waals surface area contributed by atoms with Crippen molar-refractivity contribution in [2.45, 2.75) is 19.9 Å². The van der Waals surface area contributed by atoms with Crippen molar-refractivity contribution >= 4 is 25.8 Å². The van der Waals surface area contributed by atoms with Gasteiger partial charge in [-0.3, -0.25) is 0 Å². The highest BCUT2D eigenvalue weighted by Gasteiger charge is 2.27. The lowest BCUT2D eigenvalue weighted by Gasteiger charge is -2.10. The fourth-order valence-corrected chi connectivity index (χ4v) is 4.38. The van der Waals surface area contributed by atoms with Crippen molar-refractivity contribution in [1.29, 1.82) is 0 Å². The van der Waals surface area contributed by atoms with Crippen LogP contribution in [0.15, 0.2) is 22.7 Å². The van der Waals surface area contributed by atoms with E-state index < -0.39 is 9.84 Å². The second-order valence-electron chi connectivity index (χ2n) is 4.98. The molecule has 1 unspecified atom stereocenters. The SMILES string of the molecule is Cc1cc(CNCC2CCS(=O)(=O)C2)ccc1Br. The summed E-state index contributed by atoms with van der Waals surface area (Å²) >= 11 is 3.48. The topological polar surface area (TPSA) is 46.2 Å². The number of hydrogen-bond acceptors (Lipinski definition) is 3. The maximum Gasteiger partial charge on any atom is 0.150 e. The smallest absolute Gasteiger partial charge is 0.150 e. The molecule has 1 aromatic rings. The maximum atomic E-state index is 11.3. The van der Waals surface area contributed by atoms with E-state index in [0.717, 1.165) is 24.0 Å². The Kier molecular flexibility index (Phi) is 4.45. The van der Waals surface area contributed by atoms with Crippen molar-refractivity contribution in [2.75, 3.05) is 18.1 Å². The Morgan fingerprint density at radius 1 is 1.44 bits per heavy atom. The van der Waals surface area contributed by atoms with Crippen molar-refractivity contribution in [3.63, 3.8) is 0 Å². The minimum Gasteiger partial charge on any atom is -0.312 e. The summed E-state index contributed by atoms with van der Waals surface area (Å²) < 4.78 is 23.8. The minimum absolute atomic E-state index is 0.284. The Bertz CT molecular complexity index is 528. The van der Waals surface area contributed by atoms with E-state index in [1.807, 2.05) is 6.07 Å². The third-order valence-electron chi connectivity index (χ3n) is 3.31. The summed E-state index contributed by atoms with van der Waals surface area (Å²) in [6.07, 6.45) is 0.800. The molecule has 1 N–H and O–H groups in total. The first-order valence-electron chi connectivity index (χ1n) is 6.12. The average molecular weight is 332 g/mol. The van der Waals surface area contributed by atoms with E-state index in [2.05, 4.69) is 40.3 Å². The third-order valence-corrected chi connectivity index (χ3v) is 6.04. The second kappa shape index (κ2) is 5.72. The zero-order valence-electron chi connectivity index (χ0n) is 10.4.